The van der Waals surface area contributed by atoms with Crippen LogP contribution in [0.25, 0.3) is 0 Å². The van der Waals surface area contributed by atoms with Gasteiger partial charge in [0.05, 0.1) is 0 Å². The molecule has 1 atom stereocenters. The van der Waals surface area contributed by atoms with E-state index in [0.717, 1.165) is 12.0 Å². The summed E-state index contributed by atoms with van der Waals surface area (Å²) in [4.78, 5) is 11.2. The van der Waals surface area contributed by atoms with Crippen LogP contribution in [0.4, 0.5) is 0 Å². The first-order chi connectivity index (χ1) is 9.29. The Balaban J connectivity index is 2.45. The first-order valence-corrected chi connectivity index (χ1v) is 7.26. The van der Waals surface area contributed by atoms with E-state index < -0.39 is 0 Å². The minimum atomic E-state index is -0.267. The SMILES string of the molecule is CC(=O)Oc1cc(C)cc(C2C(C)=CCCC2(C)C)c1. The number of carbonyl (C=O) groups excluding carboxylic acids is 1. The number of benzene rings is 1. The Labute approximate surface area is 121 Å². The molecule has 0 saturated heterocycles. The number of esters is 1. The van der Waals surface area contributed by atoms with E-state index in [1.165, 1.54) is 24.5 Å². The van der Waals surface area contributed by atoms with E-state index in [2.05, 4.69) is 32.9 Å². The van der Waals surface area contributed by atoms with Gasteiger partial charge < -0.3 is 4.74 Å². The van der Waals surface area contributed by atoms with Crippen LogP contribution in [-0.2, 0) is 4.79 Å². The predicted octanol–water partition coefficient (Wildman–Crippen LogP) is 4.77. The van der Waals surface area contributed by atoms with Gasteiger partial charge in [-0.05, 0) is 55.4 Å². The zero-order chi connectivity index (χ0) is 14.9. The Morgan fingerprint density at radius 2 is 1.95 bits per heavy atom. The van der Waals surface area contributed by atoms with Gasteiger partial charge in [-0.15, -0.1) is 0 Å². The van der Waals surface area contributed by atoms with E-state index >= 15 is 0 Å². The molecule has 0 radical (unpaired) electrons. The molecule has 0 bridgehead atoms. The fourth-order valence-corrected chi connectivity index (χ4v) is 3.43. The van der Waals surface area contributed by atoms with Gasteiger partial charge in [0.1, 0.15) is 5.75 Å². The smallest absolute Gasteiger partial charge is 0.308 e. The van der Waals surface area contributed by atoms with Crippen LogP contribution in [0.1, 0.15) is 57.6 Å². The topological polar surface area (TPSA) is 26.3 Å². The molecule has 1 aliphatic rings. The van der Waals surface area contributed by atoms with Gasteiger partial charge in [-0.1, -0.05) is 31.6 Å². The van der Waals surface area contributed by atoms with Gasteiger partial charge in [-0.25, -0.2) is 0 Å². The van der Waals surface area contributed by atoms with Gasteiger partial charge in [0.2, 0.25) is 0 Å². The average molecular weight is 272 g/mol. The minimum Gasteiger partial charge on any atom is -0.427 e. The van der Waals surface area contributed by atoms with Crippen LogP contribution in [0.2, 0.25) is 0 Å². The van der Waals surface area contributed by atoms with Crippen LogP contribution in [0.15, 0.2) is 29.8 Å². The molecule has 1 aliphatic carbocycles. The molecule has 2 rings (SSSR count). The molecule has 0 fully saturated rings. The molecule has 0 aliphatic heterocycles. The van der Waals surface area contributed by atoms with Crippen molar-refractivity contribution in [3.63, 3.8) is 0 Å². The number of hydrogen-bond acceptors (Lipinski definition) is 2. The van der Waals surface area contributed by atoms with Crippen LogP contribution in [0.3, 0.4) is 0 Å². The lowest BCUT2D eigenvalue weighted by Crippen LogP contribution is -2.26. The normalized spacial score (nSPS) is 21.2. The minimum absolute atomic E-state index is 0.236. The third kappa shape index (κ3) is 3.12. The van der Waals surface area contributed by atoms with Crippen LogP contribution < -0.4 is 4.74 Å². The van der Waals surface area contributed by atoms with Gasteiger partial charge in [-0.3, -0.25) is 4.79 Å². The van der Waals surface area contributed by atoms with E-state index in [1.807, 2.05) is 19.1 Å². The maximum atomic E-state index is 11.2. The summed E-state index contributed by atoms with van der Waals surface area (Å²) in [6.07, 6.45) is 4.67. The molecular formula is C18H24O2. The summed E-state index contributed by atoms with van der Waals surface area (Å²) in [5, 5.41) is 0. The molecule has 20 heavy (non-hydrogen) atoms. The molecule has 0 spiro atoms. The highest BCUT2D eigenvalue weighted by Crippen LogP contribution is 2.47. The fraction of sp³-hybridized carbons (Fsp3) is 0.500. The molecular weight excluding hydrogens is 248 g/mol. The second-order valence-corrected chi connectivity index (χ2v) is 6.58. The number of ether oxygens (including phenoxy) is 1. The van der Waals surface area contributed by atoms with Gasteiger partial charge in [0, 0.05) is 12.8 Å². The second kappa shape index (κ2) is 5.43. The summed E-state index contributed by atoms with van der Waals surface area (Å²) < 4.78 is 5.27. The average Bonchev–Trinajstić information content (AvgIpc) is 2.25. The molecule has 0 aromatic heterocycles. The Hall–Kier alpha value is -1.57. The zero-order valence-corrected chi connectivity index (χ0v) is 13.1. The molecule has 2 nitrogen and oxygen atoms in total. The number of rotatable bonds is 2. The van der Waals surface area contributed by atoms with Crippen molar-refractivity contribution in [2.75, 3.05) is 0 Å². The summed E-state index contributed by atoms with van der Waals surface area (Å²) in [6.45, 7) is 10.3. The zero-order valence-electron chi connectivity index (χ0n) is 13.1. The number of aryl methyl sites for hydroxylation is 1. The molecule has 0 N–H and O–H groups in total. The second-order valence-electron chi connectivity index (χ2n) is 6.58. The number of carbonyl (C=O) groups is 1. The Morgan fingerprint density at radius 3 is 2.55 bits per heavy atom. The lowest BCUT2D eigenvalue weighted by atomic mass is 9.66. The fourth-order valence-electron chi connectivity index (χ4n) is 3.43. The lowest BCUT2D eigenvalue weighted by Gasteiger charge is -2.39. The van der Waals surface area contributed by atoms with Gasteiger partial charge in [0.15, 0.2) is 0 Å². The third-order valence-corrected chi connectivity index (χ3v) is 4.16. The maximum absolute atomic E-state index is 11.2. The Bertz CT molecular complexity index is 553. The quantitative estimate of drug-likeness (QED) is 0.440. The summed E-state index contributed by atoms with van der Waals surface area (Å²) in [5.41, 5.74) is 4.04. The van der Waals surface area contributed by atoms with Gasteiger partial charge >= 0.3 is 5.97 Å². The molecule has 0 saturated carbocycles. The van der Waals surface area contributed by atoms with Crippen molar-refractivity contribution in [1.29, 1.82) is 0 Å². The van der Waals surface area contributed by atoms with Crippen molar-refractivity contribution >= 4 is 5.97 Å². The largest absolute Gasteiger partial charge is 0.427 e. The van der Waals surface area contributed by atoms with Crippen molar-refractivity contribution in [3.8, 4) is 5.75 Å². The van der Waals surface area contributed by atoms with Crippen LogP contribution >= 0.6 is 0 Å². The van der Waals surface area contributed by atoms with Crippen molar-refractivity contribution in [2.45, 2.75) is 53.4 Å². The molecule has 0 amide bonds. The first-order valence-electron chi connectivity index (χ1n) is 7.26. The molecule has 1 aromatic rings. The van der Waals surface area contributed by atoms with E-state index in [1.54, 1.807) is 0 Å². The highest BCUT2D eigenvalue weighted by molar-refractivity contribution is 5.69. The van der Waals surface area contributed by atoms with E-state index in [4.69, 9.17) is 4.74 Å². The number of hydrogen-bond donors (Lipinski definition) is 0. The third-order valence-electron chi connectivity index (χ3n) is 4.16. The molecule has 1 unspecified atom stereocenters. The van der Waals surface area contributed by atoms with Gasteiger partial charge in [0.25, 0.3) is 0 Å². The standard InChI is InChI=1S/C18H24O2/c1-12-9-15(11-16(10-12)20-14(3)19)17-13(2)7-6-8-18(17,4)5/h7,9-11,17H,6,8H2,1-5H3. The van der Waals surface area contributed by atoms with Crippen molar-refractivity contribution < 1.29 is 9.53 Å². The molecule has 1 aromatic carbocycles. The molecule has 0 heterocycles. The van der Waals surface area contributed by atoms with E-state index in [-0.39, 0.29) is 11.4 Å². The van der Waals surface area contributed by atoms with Crippen molar-refractivity contribution in [1.82, 2.24) is 0 Å². The van der Waals surface area contributed by atoms with E-state index in [0.29, 0.717) is 11.7 Å². The Morgan fingerprint density at radius 1 is 1.25 bits per heavy atom. The predicted molar refractivity (Wildman–Crippen MR) is 82.0 cm³/mol. The highest BCUT2D eigenvalue weighted by Gasteiger charge is 2.34. The summed E-state index contributed by atoms with van der Waals surface area (Å²) >= 11 is 0. The first kappa shape index (κ1) is 14.8. The van der Waals surface area contributed by atoms with Crippen LogP contribution in [0, 0.1) is 12.3 Å². The highest BCUT2D eigenvalue weighted by atomic mass is 16.5. The van der Waals surface area contributed by atoms with Crippen molar-refractivity contribution in [2.24, 2.45) is 5.41 Å². The Kier molecular flexibility index (Phi) is 4.03. The summed E-state index contributed by atoms with van der Waals surface area (Å²) in [6, 6.07) is 6.14. The monoisotopic (exact) mass is 272 g/mol. The number of allylic oxidation sites excluding steroid dienone is 2. The van der Waals surface area contributed by atoms with Crippen molar-refractivity contribution in [3.05, 3.63) is 41.0 Å². The van der Waals surface area contributed by atoms with E-state index in [9.17, 15) is 4.79 Å². The lowest BCUT2D eigenvalue weighted by molar-refractivity contribution is -0.131. The molecule has 2 heteroatoms. The van der Waals surface area contributed by atoms with Crippen LogP contribution in [0.5, 0.6) is 5.75 Å². The maximum Gasteiger partial charge on any atom is 0.308 e. The van der Waals surface area contributed by atoms with Crippen LogP contribution in [-0.4, -0.2) is 5.97 Å². The summed E-state index contributed by atoms with van der Waals surface area (Å²) in [5.74, 6) is 0.781. The van der Waals surface area contributed by atoms with Gasteiger partial charge in [-0.2, -0.15) is 0 Å². The summed E-state index contributed by atoms with van der Waals surface area (Å²) in [7, 11) is 0. The molecule has 108 valence electrons.